The van der Waals surface area contributed by atoms with Crippen LogP contribution in [-0.2, 0) is 0 Å². The first-order chi connectivity index (χ1) is 6.17. The van der Waals surface area contributed by atoms with E-state index in [0.29, 0.717) is 6.42 Å². The van der Waals surface area contributed by atoms with Crippen LogP contribution in [0.1, 0.15) is 19.8 Å². The molecule has 14 heavy (non-hydrogen) atoms. The molecule has 0 radical (unpaired) electrons. The Morgan fingerprint density at radius 3 is 1.71 bits per heavy atom. The Bertz CT molecular complexity index is 203. The summed E-state index contributed by atoms with van der Waals surface area (Å²) < 4.78 is 69.9. The minimum absolute atomic E-state index is 0.0275. The van der Waals surface area contributed by atoms with Crippen molar-refractivity contribution in [2.24, 2.45) is 0 Å². The largest absolute Gasteiger partial charge is 0.413 e. The van der Waals surface area contributed by atoms with Crippen molar-refractivity contribution < 1.29 is 26.3 Å². The second-order valence-electron chi connectivity index (χ2n) is 3.13. The summed E-state index contributed by atoms with van der Waals surface area (Å²) in [5, 5.41) is -1.35. The van der Waals surface area contributed by atoms with E-state index in [1.165, 1.54) is 0 Å². The quantitative estimate of drug-likeness (QED) is 0.521. The number of alkyl halides is 6. The van der Waals surface area contributed by atoms with Crippen LogP contribution in [0.25, 0.3) is 0 Å². The fraction of sp³-hybridized carbons (Fsp3) is 1.00. The highest BCUT2D eigenvalue weighted by Crippen LogP contribution is 2.70. The Kier molecular flexibility index (Phi) is 2.75. The lowest BCUT2D eigenvalue weighted by Crippen LogP contribution is -2.47. The molecule has 1 rings (SSSR count). The van der Waals surface area contributed by atoms with E-state index in [1.807, 2.05) is 0 Å². The van der Waals surface area contributed by atoms with Gasteiger partial charge in [-0.05, 0) is 6.42 Å². The average Bonchev–Trinajstić information content (AvgIpc) is 2.60. The maximum absolute atomic E-state index is 12.2. The van der Waals surface area contributed by atoms with Crippen LogP contribution in [-0.4, -0.2) is 22.3 Å². The summed E-state index contributed by atoms with van der Waals surface area (Å²) in [5.74, 6) is 0. The van der Waals surface area contributed by atoms with E-state index < -0.39 is 22.3 Å². The zero-order chi connectivity index (χ0) is 11.2. The van der Waals surface area contributed by atoms with Gasteiger partial charge in [0.15, 0.2) is 0 Å². The van der Waals surface area contributed by atoms with Gasteiger partial charge in [0.25, 0.3) is 0 Å². The predicted molar refractivity (Wildman–Crippen MR) is 41.1 cm³/mol. The van der Waals surface area contributed by atoms with Crippen molar-refractivity contribution in [2.75, 3.05) is 0 Å². The van der Waals surface area contributed by atoms with Gasteiger partial charge in [0.05, 0.1) is 0 Å². The highest BCUT2D eigenvalue weighted by atomic mass is 32.2. The Labute approximate surface area is 81.0 Å². The minimum atomic E-state index is -5.20. The summed E-state index contributed by atoms with van der Waals surface area (Å²) >= 11 is -0.0275. The molecule has 1 heterocycles. The van der Waals surface area contributed by atoms with E-state index in [4.69, 9.17) is 0 Å². The Morgan fingerprint density at radius 2 is 1.50 bits per heavy atom. The summed E-state index contributed by atoms with van der Waals surface area (Å²) in [7, 11) is 0. The van der Waals surface area contributed by atoms with Gasteiger partial charge in [0.2, 0.25) is 4.75 Å². The third kappa shape index (κ3) is 1.59. The molecule has 0 aromatic heterocycles. The number of thioether (sulfide) groups is 1. The molecule has 1 fully saturated rings. The summed E-state index contributed by atoms with van der Waals surface area (Å²) in [6.07, 6.45) is -10.1. The van der Waals surface area contributed by atoms with Gasteiger partial charge >= 0.3 is 12.4 Å². The first-order valence-electron chi connectivity index (χ1n) is 3.98. The topological polar surface area (TPSA) is 0 Å². The average molecular weight is 238 g/mol. The van der Waals surface area contributed by atoms with Crippen molar-refractivity contribution in [1.29, 1.82) is 0 Å². The maximum atomic E-state index is 12.2. The Hall–Kier alpha value is -0.0700. The van der Waals surface area contributed by atoms with Crippen LogP contribution in [0.2, 0.25) is 0 Å². The van der Waals surface area contributed by atoms with Crippen molar-refractivity contribution in [2.45, 2.75) is 42.1 Å². The second-order valence-corrected chi connectivity index (χ2v) is 4.58. The molecule has 0 amide bonds. The lowest BCUT2D eigenvalue weighted by Gasteiger charge is -2.21. The highest BCUT2D eigenvalue weighted by molar-refractivity contribution is 8.08. The fourth-order valence-corrected chi connectivity index (χ4v) is 2.76. The van der Waals surface area contributed by atoms with Crippen LogP contribution in [0.4, 0.5) is 26.3 Å². The SMILES string of the molecule is CCCC1SC1(C(F)(F)F)C(F)(F)F. The van der Waals surface area contributed by atoms with E-state index >= 15 is 0 Å². The lowest BCUT2D eigenvalue weighted by atomic mass is 10.0. The molecular weight excluding hydrogens is 230 g/mol. The second kappa shape index (κ2) is 3.21. The molecule has 84 valence electrons. The molecule has 0 spiro atoms. The number of halogens is 6. The molecule has 1 aliphatic rings. The molecule has 1 saturated heterocycles. The normalized spacial score (nSPS) is 26.4. The molecule has 0 nitrogen and oxygen atoms in total. The van der Waals surface area contributed by atoms with Crippen molar-refractivity contribution >= 4 is 11.8 Å². The van der Waals surface area contributed by atoms with E-state index in [9.17, 15) is 26.3 Å². The third-order valence-electron chi connectivity index (χ3n) is 2.12. The summed E-state index contributed by atoms with van der Waals surface area (Å²) in [6, 6.07) is 0. The Morgan fingerprint density at radius 1 is 1.07 bits per heavy atom. The fourth-order valence-electron chi connectivity index (χ4n) is 1.37. The molecule has 1 unspecified atom stereocenters. The first kappa shape index (κ1) is 12.0. The minimum Gasteiger partial charge on any atom is -0.169 e. The summed E-state index contributed by atoms with van der Waals surface area (Å²) in [5.41, 5.74) is 0. The van der Waals surface area contributed by atoms with Crippen molar-refractivity contribution in [3.8, 4) is 0 Å². The number of hydrogen-bond donors (Lipinski definition) is 0. The van der Waals surface area contributed by atoms with E-state index in [0.717, 1.165) is 0 Å². The van der Waals surface area contributed by atoms with E-state index in [-0.39, 0.29) is 18.2 Å². The molecule has 0 aromatic carbocycles. The molecule has 0 bridgehead atoms. The molecule has 0 aliphatic carbocycles. The zero-order valence-corrected chi connectivity index (χ0v) is 7.98. The standard InChI is InChI=1S/C7H8F6S/c1-2-3-4-5(14-4,6(8,9)10)7(11,12)13/h4H,2-3H2,1H3. The van der Waals surface area contributed by atoms with Gasteiger partial charge in [0.1, 0.15) is 0 Å². The summed E-state index contributed by atoms with van der Waals surface area (Å²) in [4.78, 5) is 0. The van der Waals surface area contributed by atoms with Gasteiger partial charge < -0.3 is 0 Å². The van der Waals surface area contributed by atoms with Crippen LogP contribution < -0.4 is 0 Å². The van der Waals surface area contributed by atoms with Gasteiger partial charge in [-0.1, -0.05) is 13.3 Å². The number of rotatable bonds is 2. The van der Waals surface area contributed by atoms with Gasteiger partial charge in [-0.2, -0.15) is 26.3 Å². The van der Waals surface area contributed by atoms with Gasteiger partial charge in [-0.3, -0.25) is 0 Å². The zero-order valence-electron chi connectivity index (χ0n) is 7.17. The van der Waals surface area contributed by atoms with Crippen LogP contribution in [0.15, 0.2) is 0 Å². The van der Waals surface area contributed by atoms with Crippen molar-refractivity contribution in [3.63, 3.8) is 0 Å². The molecule has 0 aromatic rings. The van der Waals surface area contributed by atoms with Gasteiger partial charge in [-0.15, -0.1) is 11.8 Å². The van der Waals surface area contributed by atoms with E-state index in [2.05, 4.69) is 0 Å². The lowest BCUT2D eigenvalue weighted by molar-refractivity contribution is -0.253. The predicted octanol–water partition coefficient (Wildman–Crippen LogP) is 3.77. The molecule has 7 heteroatoms. The molecule has 1 aliphatic heterocycles. The van der Waals surface area contributed by atoms with Crippen LogP contribution in [0.3, 0.4) is 0 Å². The molecule has 0 saturated carbocycles. The third-order valence-corrected chi connectivity index (χ3v) is 3.86. The van der Waals surface area contributed by atoms with Crippen LogP contribution >= 0.6 is 11.8 Å². The molecular formula is C7H8F6S. The van der Waals surface area contributed by atoms with Crippen LogP contribution in [0, 0.1) is 0 Å². The first-order valence-corrected chi connectivity index (χ1v) is 4.86. The maximum Gasteiger partial charge on any atom is 0.413 e. The van der Waals surface area contributed by atoms with Crippen molar-refractivity contribution in [1.82, 2.24) is 0 Å². The van der Waals surface area contributed by atoms with Crippen LogP contribution in [0.5, 0.6) is 0 Å². The monoisotopic (exact) mass is 238 g/mol. The molecule has 1 atom stereocenters. The smallest absolute Gasteiger partial charge is 0.169 e. The Balaban J connectivity index is 2.88. The van der Waals surface area contributed by atoms with E-state index in [1.54, 1.807) is 6.92 Å². The van der Waals surface area contributed by atoms with Gasteiger partial charge in [-0.25, -0.2) is 0 Å². The van der Waals surface area contributed by atoms with Crippen molar-refractivity contribution in [3.05, 3.63) is 0 Å². The molecule has 0 N–H and O–H groups in total. The summed E-state index contributed by atoms with van der Waals surface area (Å²) in [6.45, 7) is 1.57. The van der Waals surface area contributed by atoms with Gasteiger partial charge in [0, 0.05) is 5.25 Å². The number of hydrogen-bond acceptors (Lipinski definition) is 1. The highest BCUT2D eigenvalue weighted by Gasteiger charge is 2.84.